The van der Waals surface area contributed by atoms with E-state index in [0.717, 1.165) is 34.7 Å². The van der Waals surface area contributed by atoms with Gasteiger partial charge in [0.2, 0.25) is 17.7 Å². The minimum absolute atomic E-state index is 0.195. The molecule has 2 aliphatic rings. The average molecular weight is 531 g/mol. The maximum absolute atomic E-state index is 14.0. The quantitative estimate of drug-likeness (QED) is 0.442. The fraction of sp³-hybridized carbons (Fsp3) is 0.387. The third-order valence-electron chi connectivity index (χ3n) is 8.15. The molecule has 1 aliphatic carbocycles. The fourth-order valence-corrected chi connectivity index (χ4v) is 5.76. The summed E-state index contributed by atoms with van der Waals surface area (Å²) in [4.78, 5) is 43.4. The molecule has 7 nitrogen and oxygen atoms in total. The molecule has 5 rings (SSSR count). The highest BCUT2D eigenvalue weighted by atomic mass is 19.1. The standard InChI is InChI=1S/C31H35FN4O3/c1-19(23-11-10-22-4-2-3-5-24(22)18-23)28(29(34)37)36-15-14-35(27(31(36)39)17-21-6-7-21)30(38)26(33)16-20-8-12-25(32)13-9-20/h2-5,8-13,18-19,21,26-28H,6-7,14-17,33H2,1H3,(H2,34,37). The molecule has 0 radical (unpaired) electrons. The van der Waals surface area contributed by atoms with Crippen LogP contribution < -0.4 is 11.5 Å². The number of nitrogens with zero attached hydrogens (tertiary/aromatic N) is 2. The van der Waals surface area contributed by atoms with Crippen LogP contribution in [0.2, 0.25) is 0 Å². The molecule has 4 unspecified atom stereocenters. The summed E-state index contributed by atoms with van der Waals surface area (Å²) in [7, 11) is 0. The van der Waals surface area contributed by atoms with Gasteiger partial charge in [-0.05, 0) is 52.8 Å². The van der Waals surface area contributed by atoms with E-state index in [0.29, 0.717) is 12.3 Å². The fourth-order valence-electron chi connectivity index (χ4n) is 5.76. The Hall–Kier alpha value is -3.78. The van der Waals surface area contributed by atoms with Crippen molar-refractivity contribution in [2.75, 3.05) is 13.1 Å². The number of hydrogen-bond acceptors (Lipinski definition) is 4. The predicted octanol–water partition coefficient (Wildman–Crippen LogP) is 3.35. The summed E-state index contributed by atoms with van der Waals surface area (Å²) >= 11 is 0. The molecule has 2 fully saturated rings. The lowest BCUT2D eigenvalue weighted by molar-refractivity contribution is -0.157. The largest absolute Gasteiger partial charge is 0.368 e. The Morgan fingerprint density at radius 2 is 1.69 bits per heavy atom. The van der Waals surface area contributed by atoms with Crippen molar-refractivity contribution in [3.05, 3.63) is 83.7 Å². The number of primary amides is 1. The second kappa shape index (κ2) is 11.1. The average Bonchev–Trinajstić information content (AvgIpc) is 3.75. The second-order valence-electron chi connectivity index (χ2n) is 10.9. The monoisotopic (exact) mass is 530 g/mol. The summed E-state index contributed by atoms with van der Waals surface area (Å²) in [5.41, 5.74) is 13.9. The number of benzene rings is 3. The molecule has 8 heteroatoms. The predicted molar refractivity (Wildman–Crippen MR) is 148 cm³/mol. The maximum Gasteiger partial charge on any atom is 0.246 e. The van der Waals surface area contributed by atoms with Gasteiger partial charge in [-0.3, -0.25) is 14.4 Å². The zero-order valence-electron chi connectivity index (χ0n) is 22.1. The van der Waals surface area contributed by atoms with Crippen molar-refractivity contribution in [2.24, 2.45) is 17.4 Å². The first-order valence-corrected chi connectivity index (χ1v) is 13.6. The van der Waals surface area contributed by atoms with Crippen LogP contribution in [0.15, 0.2) is 66.7 Å². The Morgan fingerprint density at radius 1 is 1.00 bits per heavy atom. The molecule has 4 atom stereocenters. The Labute approximate surface area is 227 Å². The highest BCUT2D eigenvalue weighted by molar-refractivity contribution is 5.94. The van der Waals surface area contributed by atoms with Crippen molar-refractivity contribution in [3.8, 4) is 0 Å². The topological polar surface area (TPSA) is 110 Å². The van der Waals surface area contributed by atoms with Gasteiger partial charge >= 0.3 is 0 Å². The van der Waals surface area contributed by atoms with Crippen LogP contribution in [0.4, 0.5) is 4.39 Å². The van der Waals surface area contributed by atoms with Crippen molar-refractivity contribution in [1.82, 2.24) is 9.80 Å². The highest BCUT2D eigenvalue weighted by Crippen LogP contribution is 2.37. The molecule has 1 saturated carbocycles. The summed E-state index contributed by atoms with van der Waals surface area (Å²) in [6, 6.07) is 17.5. The molecule has 3 aromatic rings. The lowest BCUT2D eigenvalue weighted by Gasteiger charge is -2.45. The molecule has 0 bridgehead atoms. The lowest BCUT2D eigenvalue weighted by atomic mass is 9.88. The van der Waals surface area contributed by atoms with E-state index in [-0.39, 0.29) is 43.1 Å². The van der Waals surface area contributed by atoms with Gasteiger partial charge in [0.15, 0.2) is 0 Å². The van der Waals surface area contributed by atoms with Crippen LogP contribution in [-0.4, -0.2) is 58.7 Å². The number of hydrogen-bond donors (Lipinski definition) is 2. The van der Waals surface area contributed by atoms with Gasteiger partial charge in [0.25, 0.3) is 0 Å². The van der Waals surface area contributed by atoms with E-state index in [1.54, 1.807) is 21.9 Å². The minimum atomic E-state index is -0.861. The van der Waals surface area contributed by atoms with Gasteiger partial charge in [0.1, 0.15) is 17.9 Å². The van der Waals surface area contributed by atoms with E-state index in [1.807, 2.05) is 49.4 Å². The summed E-state index contributed by atoms with van der Waals surface area (Å²) in [6.45, 7) is 2.38. The SMILES string of the molecule is CC(c1ccc2ccccc2c1)C(C(N)=O)N1CCN(C(=O)C(N)Cc2ccc(F)cc2)C(CC2CC2)C1=O. The van der Waals surface area contributed by atoms with Crippen molar-refractivity contribution < 1.29 is 18.8 Å². The Morgan fingerprint density at radius 3 is 2.36 bits per heavy atom. The summed E-state index contributed by atoms with van der Waals surface area (Å²) < 4.78 is 13.3. The zero-order chi connectivity index (χ0) is 27.7. The van der Waals surface area contributed by atoms with Crippen molar-refractivity contribution in [2.45, 2.75) is 56.7 Å². The normalized spacial score (nSPS) is 20.1. The minimum Gasteiger partial charge on any atom is -0.368 e. The molecule has 1 heterocycles. The van der Waals surface area contributed by atoms with E-state index in [2.05, 4.69) is 0 Å². The number of carbonyl (C=O) groups is 3. The van der Waals surface area contributed by atoms with Gasteiger partial charge < -0.3 is 21.3 Å². The van der Waals surface area contributed by atoms with Crippen molar-refractivity contribution >= 4 is 28.5 Å². The molecule has 1 aliphatic heterocycles. The summed E-state index contributed by atoms with van der Waals surface area (Å²) in [6.07, 6.45) is 2.81. The van der Waals surface area contributed by atoms with Crippen molar-refractivity contribution in [1.29, 1.82) is 0 Å². The number of rotatable bonds is 9. The van der Waals surface area contributed by atoms with Crippen LogP contribution in [0.25, 0.3) is 10.8 Å². The van der Waals surface area contributed by atoms with Crippen LogP contribution in [0, 0.1) is 11.7 Å². The lowest BCUT2D eigenvalue weighted by Crippen LogP contribution is -2.65. The first-order valence-electron chi connectivity index (χ1n) is 13.6. The van der Waals surface area contributed by atoms with Gasteiger partial charge in [-0.25, -0.2) is 4.39 Å². The van der Waals surface area contributed by atoms with Crippen LogP contribution in [-0.2, 0) is 20.8 Å². The molecule has 204 valence electrons. The van der Waals surface area contributed by atoms with Crippen LogP contribution >= 0.6 is 0 Å². The number of carbonyl (C=O) groups excluding carboxylic acids is 3. The van der Waals surface area contributed by atoms with Crippen LogP contribution in [0.1, 0.15) is 43.2 Å². The number of piperazine rings is 1. The van der Waals surface area contributed by atoms with Crippen LogP contribution in [0.3, 0.4) is 0 Å². The smallest absolute Gasteiger partial charge is 0.246 e. The van der Waals surface area contributed by atoms with E-state index in [9.17, 15) is 18.8 Å². The molecule has 3 aromatic carbocycles. The molecular weight excluding hydrogens is 495 g/mol. The molecule has 1 saturated heterocycles. The number of halogens is 1. The van der Waals surface area contributed by atoms with Gasteiger partial charge in [0.05, 0.1) is 6.04 Å². The van der Waals surface area contributed by atoms with E-state index < -0.39 is 24.0 Å². The molecule has 0 aromatic heterocycles. The van der Waals surface area contributed by atoms with E-state index >= 15 is 0 Å². The molecular formula is C31H35FN4O3. The Kier molecular flexibility index (Phi) is 7.66. The van der Waals surface area contributed by atoms with E-state index in [4.69, 9.17) is 11.5 Å². The Balaban J connectivity index is 1.37. The van der Waals surface area contributed by atoms with Gasteiger partial charge in [0, 0.05) is 19.0 Å². The molecule has 39 heavy (non-hydrogen) atoms. The third-order valence-corrected chi connectivity index (χ3v) is 8.15. The number of amides is 3. The summed E-state index contributed by atoms with van der Waals surface area (Å²) in [5, 5.41) is 2.14. The van der Waals surface area contributed by atoms with Crippen LogP contribution in [0.5, 0.6) is 0 Å². The van der Waals surface area contributed by atoms with Gasteiger partial charge in [-0.15, -0.1) is 0 Å². The van der Waals surface area contributed by atoms with Crippen molar-refractivity contribution in [3.63, 3.8) is 0 Å². The van der Waals surface area contributed by atoms with Gasteiger partial charge in [-0.2, -0.15) is 0 Å². The first-order chi connectivity index (χ1) is 18.7. The zero-order valence-corrected chi connectivity index (χ0v) is 22.1. The Bertz CT molecular complexity index is 1370. The molecule has 4 N–H and O–H groups in total. The highest BCUT2D eigenvalue weighted by Gasteiger charge is 2.45. The summed E-state index contributed by atoms with van der Waals surface area (Å²) in [5.74, 6) is -1.45. The second-order valence-corrected chi connectivity index (χ2v) is 10.9. The number of nitrogens with two attached hydrogens (primary N) is 2. The molecule has 3 amide bonds. The molecule has 0 spiro atoms. The maximum atomic E-state index is 14.0. The van der Waals surface area contributed by atoms with Gasteiger partial charge in [-0.1, -0.05) is 74.4 Å². The number of fused-ring (bicyclic) bond motifs is 1. The first kappa shape index (κ1) is 26.8. The van der Waals surface area contributed by atoms with E-state index in [1.165, 1.54) is 12.1 Å². The third kappa shape index (κ3) is 5.81.